The van der Waals surface area contributed by atoms with Crippen LogP contribution in [0, 0.1) is 12.8 Å². The number of aryl methyl sites for hydroxylation is 1. The number of ether oxygens (including phenoxy) is 1. The van der Waals surface area contributed by atoms with E-state index in [1.165, 1.54) is 0 Å². The predicted molar refractivity (Wildman–Crippen MR) is 120 cm³/mol. The molecular formula is C23H23ClN4O2. The van der Waals surface area contributed by atoms with Gasteiger partial charge in [-0.15, -0.1) is 0 Å². The molecule has 7 heteroatoms. The highest BCUT2D eigenvalue weighted by Gasteiger charge is 2.26. The van der Waals surface area contributed by atoms with Gasteiger partial charge >= 0.3 is 5.97 Å². The highest BCUT2D eigenvalue weighted by atomic mass is 35.5. The number of hydrogen-bond donors (Lipinski definition) is 1. The van der Waals surface area contributed by atoms with E-state index in [-0.39, 0.29) is 17.3 Å². The van der Waals surface area contributed by atoms with Crippen molar-refractivity contribution in [3.05, 3.63) is 58.6 Å². The number of rotatable bonds is 5. The Bertz CT molecular complexity index is 1270. The van der Waals surface area contributed by atoms with Crippen molar-refractivity contribution in [3.63, 3.8) is 0 Å². The molecule has 4 rings (SSSR count). The maximum absolute atomic E-state index is 13.0. The average molecular weight is 423 g/mol. The molecular weight excluding hydrogens is 400 g/mol. The lowest BCUT2D eigenvalue weighted by molar-refractivity contribution is 0.0450. The van der Waals surface area contributed by atoms with Crippen LogP contribution in [0.5, 0.6) is 0 Å². The summed E-state index contributed by atoms with van der Waals surface area (Å²) in [5, 5.41) is 0.600. The zero-order valence-corrected chi connectivity index (χ0v) is 17.9. The van der Waals surface area contributed by atoms with Gasteiger partial charge in [0.25, 0.3) is 0 Å². The van der Waals surface area contributed by atoms with Crippen LogP contribution in [0.2, 0.25) is 5.02 Å². The predicted octanol–water partition coefficient (Wildman–Crippen LogP) is 5.32. The fourth-order valence-corrected chi connectivity index (χ4v) is 3.43. The second kappa shape index (κ2) is 7.95. The van der Waals surface area contributed by atoms with E-state index in [4.69, 9.17) is 32.0 Å². The molecule has 0 spiro atoms. The Hall–Kier alpha value is -3.12. The van der Waals surface area contributed by atoms with Gasteiger partial charge in [0.05, 0.1) is 23.3 Å². The fourth-order valence-electron chi connectivity index (χ4n) is 3.25. The Morgan fingerprint density at radius 3 is 2.57 bits per heavy atom. The summed E-state index contributed by atoms with van der Waals surface area (Å²) >= 11 is 6.35. The SMILES string of the molecule is CCC(C)COC(=O)c1c(N)n(-c2ccc(C)c(Cl)c2)c2nc3ccccc3nc12. The number of nitrogen functional groups attached to an aromatic ring is 1. The van der Waals surface area contributed by atoms with Gasteiger partial charge in [0.1, 0.15) is 16.9 Å². The number of hydrogen-bond acceptors (Lipinski definition) is 5. The molecule has 0 bridgehead atoms. The van der Waals surface area contributed by atoms with Crippen LogP contribution in [0.4, 0.5) is 5.82 Å². The Morgan fingerprint density at radius 2 is 1.90 bits per heavy atom. The number of benzene rings is 2. The first-order valence-electron chi connectivity index (χ1n) is 9.91. The van der Waals surface area contributed by atoms with Gasteiger partial charge in [-0.25, -0.2) is 14.8 Å². The zero-order chi connectivity index (χ0) is 21.4. The van der Waals surface area contributed by atoms with Crippen LogP contribution in [-0.4, -0.2) is 27.1 Å². The third-order valence-electron chi connectivity index (χ3n) is 5.31. The lowest BCUT2D eigenvalue weighted by Crippen LogP contribution is -2.13. The van der Waals surface area contributed by atoms with Gasteiger partial charge in [-0.2, -0.15) is 0 Å². The maximum Gasteiger partial charge on any atom is 0.344 e. The Morgan fingerprint density at radius 1 is 1.20 bits per heavy atom. The van der Waals surface area contributed by atoms with E-state index in [1.807, 2.05) is 50.2 Å². The Labute approximate surface area is 179 Å². The van der Waals surface area contributed by atoms with E-state index in [1.54, 1.807) is 10.6 Å². The lowest BCUT2D eigenvalue weighted by Gasteiger charge is -2.11. The second-order valence-electron chi connectivity index (χ2n) is 7.53. The van der Waals surface area contributed by atoms with E-state index in [0.29, 0.717) is 39.5 Å². The zero-order valence-electron chi connectivity index (χ0n) is 17.1. The molecule has 2 N–H and O–H groups in total. The Balaban J connectivity index is 1.96. The Kier molecular flexibility index (Phi) is 5.35. The second-order valence-corrected chi connectivity index (χ2v) is 7.93. The number of anilines is 1. The summed E-state index contributed by atoms with van der Waals surface area (Å²) in [6.45, 7) is 6.33. The molecule has 4 aromatic rings. The highest BCUT2D eigenvalue weighted by Crippen LogP contribution is 2.32. The van der Waals surface area contributed by atoms with E-state index in [9.17, 15) is 4.79 Å². The summed E-state index contributed by atoms with van der Waals surface area (Å²) in [6, 6.07) is 13.1. The largest absolute Gasteiger partial charge is 0.462 e. The molecule has 0 aliphatic carbocycles. The third-order valence-corrected chi connectivity index (χ3v) is 5.72. The number of fused-ring (bicyclic) bond motifs is 2. The van der Waals surface area contributed by atoms with Gasteiger partial charge in [0.2, 0.25) is 0 Å². The number of esters is 1. The van der Waals surface area contributed by atoms with Gasteiger partial charge in [-0.3, -0.25) is 4.57 Å². The highest BCUT2D eigenvalue weighted by molar-refractivity contribution is 6.31. The topological polar surface area (TPSA) is 83.0 Å². The third kappa shape index (κ3) is 3.48. The van der Waals surface area contributed by atoms with Gasteiger partial charge in [-0.05, 0) is 42.7 Å². The molecule has 2 aromatic carbocycles. The van der Waals surface area contributed by atoms with E-state index in [0.717, 1.165) is 12.0 Å². The van der Waals surface area contributed by atoms with Gasteiger partial charge < -0.3 is 10.5 Å². The molecule has 0 aliphatic rings. The molecule has 2 heterocycles. The molecule has 6 nitrogen and oxygen atoms in total. The van der Waals surface area contributed by atoms with Crippen molar-refractivity contribution in [1.29, 1.82) is 0 Å². The molecule has 0 saturated carbocycles. The van der Waals surface area contributed by atoms with E-state index in [2.05, 4.69) is 6.92 Å². The van der Waals surface area contributed by atoms with E-state index < -0.39 is 5.97 Å². The van der Waals surface area contributed by atoms with Crippen molar-refractivity contribution in [2.45, 2.75) is 27.2 Å². The van der Waals surface area contributed by atoms with Crippen molar-refractivity contribution in [1.82, 2.24) is 14.5 Å². The normalized spacial score (nSPS) is 12.4. The molecule has 0 radical (unpaired) electrons. The van der Waals surface area contributed by atoms with Crippen LogP contribution in [0.15, 0.2) is 42.5 Å². The lowest BCUT2D eigenvalue weighted by atomic mass is 10.1. The molecule has 2 aromatic heterocycles. The maximum atomic E-state index is 13.0. The number of para-hydroxylation sites is 2. The summed E-state index contributed by atoms with van der Waals surface area (Å²) < 4.78 is 7.26. The number of carbonyl (C=O) groups is 1. The van der Waals surface area contributed by atoms with Crippen LogP contribution < -0.4 is 5.73 Å². The minimum absolute atomic E-state index is 0.225. The van der Waals surface area contributed by atoms with Crippen LogP contribution >= 0.6 is 11.6 Å². The average Bonchev–Trinajstić information content (AvgIpc) is 3.02. The summed E-state index contributed by atoms with van der Waals surface area (Å²) in [7, 11) is 0. The molecule has 1 unspecified atom stereocenters. The molecule has 0 aliphatic heterocycles. The van der Waals surface area contributed by atoms with Crippen LogP contribution in [0.1, 0.15) is 36.2 Å². The number of halogens is 1. The van der Waals surface area contributed by atoms with Crippen molar-refractivity contribution in [3.8, 4) is 5.69 Å². The minimum Gasteiger partial charge on any atom is -0.462 e. The molecule has 154 valence electrons. The quantitative estimate of drug-likeness (QED) is 0.440. The first-order chi connectivity index (χ1) is 14.4. The molecule has 30 heavy (non-hydrogen) atoms. The number of nitrogens with two attached hydrogens (primary N) is 1. The van der Waals surface area contributed by atoms with Gasteiger partial charge in [-0.1, -0.05) is 50.1 Å². The number of carbonyl (C=O) groups excluding carboxylic acids is 1. The van der Waals surface area contributed by atoms with Gasteiger partial charge in [0.15, 0.2) is 5.65 Å². The first kappa shape index (κ1) is 20.2. The van der Waals surface area contributed by atoms with Crippen LogP contribution in [0.25, 0.3) is 27.9 Å². The summed E-state index contributed by atoms with van der Waals surface area (Å²) in [4.78, 5) is 22.4. The fraction of sp³-hybridized carbons (Fsp3) is 0.261. The minimum atomic E-state index is -0.501. The smallest absolute Gasteiger partial charge is 0.344 e. The standard InChI is InChI=1S/C23H23ClN4O2/c1-4-13(2)12-30-23(29)19-20-22(27-18-8-6-5-7-17(18)26-20)28(21(19)25)15-10-9-14(3)16(24)11-15/h5-11,13H,4,12,25H2,1-3H3. The number of aromatic nitrogens is 3. The van der Waals surface area contributed by atoms with Crippen LogP contribution in [0.3, 0.4) is 0 Å². The van der Waals surface area contributed by atoms with Crippen molar-refractivity contribution >= 4 is 45.6 Å². The molecule has 0 amide bonds. The van der Waals surface area contributed by atoms with Crippen molar-refractivity contribution in [2.24, 2.45) is 5.92 Å². The number of nitrogens with zero attached hydrogens (tertiary/aromatic N) is 3. The molecule has 1 atom stereocenters. The van der Waals surface area contributed by atoms with E-state index >= 15 is 0 Å². The van der Waals surface area contributed by atoms with Crippen molar-refractivity contribution < 1.29 is 9.53 Å². The summed E-state index contributed by atoms with van der Waals surface area (Å²) in [5.41, 5.74) is 10.6. The molecule has 0 fully saturated rings. The molecule has 0 saturated heterocycles. The van der Waals surface area contributed by atoms with Gasteiger partial charge in [0, 0.05) is 5.02 Å². The first-order valence-corrected chi connectivity index (χ1v) is 10.3. The summed E-state index contributed by atoms with van der Waals surface area (Å²) in [6.07, 6.45) is 0.914. The van der Waals surface area contributed by atoms with Crippen molar-refractivity contribution in [2.75, 3.05) is 12.3 Å². The monoisotopic (exact) mass is 422 g/mol. The van der Waals surface area contributed by atoms with Crippen LogP contribution in [-0.2, 0) is 4.74 Å². The summed E-state index contributed by atoms with van der Waals surface area (Å²) in [5.74, 6) is -0.0138.